The van der Waals surface area contributed by atoms with Crippen molar-refractivity contribution >= 4 is 28.5 Å². The van der Waals surface area contributed by atoms with Crippen LogP contribution < -0.4 is 21.5 Å². The summed E-state index contributed by atoms with van der Waals surface area (Å²) in [6, 6.07) is 1.38. The molecule has 7 nitrogen and oxygen atoms in total. The van der Waals surface area contributed by atoms with Gasteiger partial charge in [0.25, 0.3) is 5.91 Å². The number of carbonyl (C=O) groups excluding carboxylic acids is 2. The summed E-state index contributed by atoms with van der Waals surface area (Å²) in [5.41, 5.74) is 10.0. The Morgan fingerprint density at radius 3 is 2.43 bits per heavy atom. The highest BCUT2D eigenvalue weighted by Gasteiger charge is 2.22. The number of urea groups is 1. The fraction of sp³-hybridized carbons (Fsp3) is 0.154. The van der Waals surface area contributed by atoms with Crippen molar-refractivity contribution in [1.82, 2.24) is 4.37 Å². The second-order valence-corrected chi connectivity index (χ2v) is 5.31. The number of aryl methyl sites for hydroxylation is 1. The van der Waals surface area contributed by atoms with Gasteiger partial charge in [0.15, 0.2) is 0 Å². The molecule has 0 aliphatic carbocycles. The lowest BCUT2D eigenvalue weighted by Gasteiger charge is -2.08. The molecule has 0 aliphatic heterocycles. The molecule has 0 atom stereocenters. The van der Waals surface area contributed by atoms with Gasteiger partial charge >= 0.3 is 6.03 Å². The van der Waals surface area contributed by atoms with Gasteiger partial charge in [0.1, 0.15) is 28.8 Å². The topological polar surface area (TPSA) is 120 Å². The van der Waals surface area contributed by atoms with Crippen LogP contribution in [-0.4, -0.2) is 16.3 Å². The second-order valence-electron chi connectivity index (χ2n) is 4.54. The third kappa shape index (κ3) is 3.72. The molecule has 122 valence electrons. The number of nitrogens with two attached hydrogens (primary N) is 2. The minimum absolute atomic E-state index is 0.00940. The number of benzene rings is 1. The molecule has 10 heteroatoms. The monoisotopic (exact) mass is 342 g/mol. The molecule has 0 saturated carbocycles. The van der Waals surface area contributed by atoms with E-state index in [2.05, 4.69) is 9.69 Å². The molecule has 2 aromatic rings. The van der Waals surface area contributed by atoms with Gasteiger partial charge < -0.3 is 16.2 Å². The lowest BCUT2D eigenvalue weighted by atomic mass is 10.1. The van der Waals surface area contributed by atoms with Gasteiger partial charge in [-0.15, -0.1) is 0 Å². The van der Waals surface area contributed by atoms with Crippen LogP contribution in [0, 0.1) is 18.6 Å². The van der Waals surface area contributed by atoms with Crippen molar-refractivity contribution in [1.29, 1.82) is 0 Å². The summed E-state index contributed by atoms with van der Waals surface area (Å²) in [5.74, 6) is -2.74. The molecule has 0 bridgehead atoms. The number of aromatic nitrogens is 1. The van der Waals surface area contributed by atoms with Gasteiger partial charge in [0.2, 0.25) is 5.88 Å². The number of ether oxygens (including phenoxy) is 1. The first-order valence-corrected chi connectivity index (χ1v) is 7.00. The van der Waals surface area contributed by atoms with Crippen molar-refractivity contribution in [3.8, 4) is 5.88 Å². The van der Waals surface area contributed by atoms with E-state index in [1.165, 1.54) is 0 Å². The highest BCUT2D eigenvalue weighted by molar-refractivity contribution is 7.11. The minimum atomic E-state index is -0.928. The number of hydrogen-bond acceptors (Lipinski definition) is 5. The Balaban J connectivity index is 2.26. The summed E-state index contributed by atoms with van der Waals surface area (Å²) < 4.78 is 36.5. The zero-order chi connectivity index (χ0) is 17.1. The van der Waals surface area contributed by atoms with Crippen LogP contribution in [0.1, 0.15) is 21.5 Å². The predicted molar refractivity (Wildman–Crippen MR) is 79.3 cm³/mol. The first-order valence-electron chi connectivity index (χ1n) is 6.22. The molecule has 0 fully saturated rings. The summed E-state index contributed by atoms with van der Waals surface area (Å²) >= 11 is 0.704. The number of anilines is 1. The molecule has 3 amide bonds. The Morgan fingerprint density at radius 1 is 1.30 bits per heavy atom. The molecular formula is C13H12F2N4O3S. The van der Waals surface area contributed by atoms with Crippen LogP contribution in [0.3, 0.4) is 0 Å². The quantitative estimate of drug-likeness (QED) is 0.768. The summed E-state index contributed by atoms with van der Waals surface area (Å²) in [5, 5.41) is 2.16. The molecule has 2 rings (SSSR count). The maximum atomic E-state index is 13.7. The Hall–Kier alpha value is -2.75. The van der Waals surface area contributed by atoms with Crippen LogP contribution in [0.15, 0.2) is 12.1 Å². The van der Waals surface area contributed by atoms with E-state index in [9.17, 15) is 18.4 Å². The summed E-state index contributed by atoms with van der Waals surface area (Å²) in [6.45, 7) is 1.04. The second kappa shape index (κ2) is 6.57. The highest BCUT2D eigenvalue weighted by Crippen LogP contribution is 2.31. The number of carbonyl (C=O) groups is 2. The SMILES string of the molecule is Cc1cc(F)c(COc2nsc(NC(N)=O)c2C(N)=O)c(F)c1. The summed E-state index contributed by atoms with van der Waals surface area (Å²) in [6.07, 6.45) is 0. The summed E-state index contributed by atoms with van der Waals surface area (Å²) in [4.78, 5) is 22.3. The lowest BCUT2D eigenvalue weighted by Crippen LogP contribution is -2.21. The highest BCUT2D eigenvalue weighted by atomic mass is 32.1. The van der Waals surface area contributed by atoms with Crippen molar-refractivity contribution in [2.45, 2.75) is 13.5 Å². The third-order valence-electron chi connectivity index (χ3n) is 2.78. The number of primary amides is 2. The van der Waals surface area contributed by atoms with Crippen LogP contribution in [0.25, 0.3) is 0 Å². The van der Waals surface area contributed by atoms with Gasteiger partial charge in [-0.2, -0.15) is 4.37 Å². The number of nitrogens with zero attached hydrogens (tertiary/aromatic N) is 1. The van der Waals surface area contributed by atoms with E-state index in [0.717, 1.165) is 12.1 Å². The molecule has 0 aliphatic rings. The van der Waals surface area contributed by atoms with Gasteiger partial charge in [0, 0.05) is 0 Å². The van der Waals surface area contributed by atoms with E-state index >= 15 is 0 Å². The van der Waals surface area contributed by atoms with Crippen molar-refractivity contribution in [3.05, 3.63) is 40.5 Å². The predicted octanol–water partition coefficient (Wildman–Crippen LogP) is 1.90. The zero-order valence-corrected chi connectivity index (χ0v) is 12.7. The van der Waals surface area contributed by atoms with Gasteiger partial charge in [-0.25, -0.2) is 13.6 Å². The van der Waals surface area contributed by atoms with Crippen LogP contribution in [0.5, 0.6) is 5.88 Å². The van der Waals surface area contributed by atoms with Crippen molar-refractivity contribution in [3.63, 3.8) is 0 Å². The Bertz CT molecular complexity index is 756. The molecule has 1 aromatic carbocycles. The Morgan fingerprint density at radius 2 is 1.91 bits per heavy atom. The normalized spacial score (nSPS) is 10.4. The van der Waals surface area contributed by atoms with E-state index in [-0.39, 0.29) is 22.0 Å². The molecule has 0 radical (unpaired) electrons. The maximum Gasteiger partial charge on any atom is 0.317 e. The molecule has 5 N–H and O–H groups in total. The van der Waals surface area contributed by atoms with Crippen molar-refractivity contribution < 1.29 is 23.1 Å². The maximum absolute atomic E-state index is 13.7. The number of amides is 3. The Labute approximate surface area is 133 Å². The van der Waals surface area contributed by atoms with E-state index in [1.54, 1.807) is 6.92 Å². The third-order valence-corrected chi connectivity index (χ3v) is 3.53. The number of hydrogen-bond donors (Lipinski definition) is 3. The first-order chi connectivity index (χ1) is 10.8. The summed E-state index contributed by atoms with van der Waals surface area (Å²) in [7, 11) is 0. The van der Waals surface area contributed by atoms with E-state index in [4.69, 9.17) is 16.2 Å². The molecule has 23 heavy (non-hydrogen) atoms. The molecule has 0 spiro atoms. The van der Waals surface area contributed by atoms with E-state index in [0.29, 0.717) is 17.1 Å². The van der Waals surface area contributed by atoms with E-state index in [1.807, 2.05) is 0 Å². The number of rotatable bonds is 5. The minimum Gasteiger partial charge on any atom is -0.471 e. The number of halogens is 2. The molecule has 1 aromatic heterocycles. The van der Waals surface area contributed by atoms with Gasteiger partial charge in [-0.1, -0.05) is 0 Å². The first kappa shape index (κ1) is 16.6. The molecular weight excluding hydrogens is 330 g/mol. The van der Waals surface area contributed by atoms with Crippen LogP contribution in [-0.2, 0) is 6.61 Å². The van der Waals surface area contributed by atoms with Crippen LogP contribution >= 0.6 is 11.5 Å². The molecule has 0 unspecified atom stereocenters. The average molecular weight is 342 g/mol. The van der Waals surface area contributed by atoms with Crippen LogP contribution in [0.2, 0.25) is 0 Å². The van der Waals surface area contributed by atoms with Crippen molar-refractivity contribution in [2.75, 3.05) is 5.32 Å². The zero-order valence-electron chi connectivity index (χ0n) is 11.9. The number of nitrogens with one attached hydrogen (secondary N) is 1. The van der Waals surface area contributed by atoms with Crippen LogP contribution in [0.4, 0.5) is 18.6 Å². The van der Waals surface area contributed by atoms with Gasteiger partial charge in [-0.3, -0.25) is 10.1 Å². The lowest BCUT2D eigenvalue weighted by molar-refractivity contribution is 0.0996. The Kier molecular flexibility index (Phi) is 4.74. The largest absolute Gasteiger partial charge is 0.471 e. The molecule has 0 saturated heterocycles. The van der Waals surface area contributed by atoms with Gasteiger partial charge in [0.05, 0.1) is 5.56 Å². The standard InChI is InChI=1S/C13H12F2N4O3S/c1-5-2-7(14)6(8(15)3-5)4-22-11-9(10(16)20)12(23-19-11)18-13(17)21/h2-3H,4H2,1H3,(H2,16,20)(H3,17,18,21). The fourth-order valence-electron chi connectivity index (χ4n) is 1.80. The van der Waals surface area contributed by atoms with Crippen molar-refractivity contribution in [2.24, 2.45) is 11.5 Å². The fourth-order valence-corrected chi connectivity index (χ4v) is 2.54. The smallest absolute Gasteiger partial charge is 0.317 e. The van der Waals surface area contributed by atoms with E-state index < -0.39 is 30.2 Å². The average Bonchev–Trinajstić information content (AvgIpc) is 2.79. The molecule has 1 heterocycles. The van der Waals surface area contributed by atoms with Gasteiger partial charge in [-0.05, 0) is 36.2 Å².